The summed E-state index contributed by atoms with van der Waals surface area (Å²) in [7, 11) is 0. The Balaban J connectivity index is 2.39. The fourth-order valence-corrected chi connectivity index (χ4v) is 1.99. The van der Waals surface area contributed by atoms with E-state index in [4.69, 9.17) is 0 Å². The van der Waals surface area contributed by atoms with E-state index in [9.17, 15) is 4.79 Å². The molecule has 1 aliphatic rings. The molecule has 0 fully saturated rings. The van der Waals surface area contributed by atoms with E-state index in [0.29, 0.717) is 0 Å². The smallest absolute Gasteiger partial charge is 0.319 e. The zero-order valence-electron chi connectivity index (χ0n) is 9.45. The van der Waals surface area contributed by atoms with Crippen LogP contribution in [0.1, 0.15) is 32.0 Å². The van der Waals surface area contributed by atoms with Crippen LogP contribution in [-0.4, -0.2) is 11.0 Å². The Morgan fingerprint density at radius 2 is 2.25 bits per heavy atom. The summed E-state index contributed by atoms with van der Waals surface area (Å²) >= 11 is 0. The van der Waals surface area contributed by atoms with Crippen LogP contribution in [0.2, 0.25) is 0 Å². The van der Waals surface area contributed by atoms with Crippen molar-refractivity contribution >= 4 is 6.03 Å². The van der Waals surface area contributed by atoms with Crippen molar-refractivity contribution < 1.29 is 4.79 Å². The first kappa shape index (κ1) is 10.7. The number of aromatic nitrogens is 1. The van der Waals surface area contributed by atoms with Crippen molar-refractivity contribution in [1.29, 1.82) is 0 Å². The van der Waals surface area contributed by atoms with Gasteiger partial charge in [-0.2, -0.15) is 0 Å². The lowest BCUT2D eigenvalue weighted by molar-refractivity contribution is 0.238. The summed E-state index contributed by atoms with van der Waals surface area (Å²) in [5.74, 6) is 0. The number of carbonyl (C=O) groups excluding carboxylic acids is 1. The zero-order valence-corrected chi connectivity index (χ0v) is 9.45. The molecule has 0 radical (unpaired) electrons. The van der Waals surface area contributed by atoms with Crippen LogP contribution in [-0.2, 0) is 0 Å². The lowest BCUT2D eigenvalue weighted by Crippen LogP contribution is -2.43. The summed E-state index contributed by atoms with van der Waals surface area (Å²) in [5.41, 5.74) is 2.99. The minimum Gasteiger partial charge on any atom is -0.326 e. The molecule has 0 spiro atoms. The van der Waals surface area contributed by atoms with E-state index in [1.807, 2.05) is 25.1 Å². The van der Waals surface area contributed by atoms with Crippen molar-refractivity contribution in [3.8, 4) is 0 Å². The molecule has 2 rings (SSSR count). The van der Waals surface area contributed by atoms with Gasteiger partial charge < -0.3 is 10.6 Å². The van der Waals surface area contributed by atoms with Crippen LogP contribution < -0.4 is 10.6 Å². The van der Waals surface area contributed by atoms with Gasteiger partial charge in [0.2, 0.25) is 0 Å². The maximum absolute atomic E-state index is 11.4. The third-order valence-corrected chi connectivity index (χ3v) is 2.77. The van der Waals surface area contributed by atoms with Crippen LogP contribution in [0, 0.1) is 0 Å². The molecule has 0 aromatic carbocycles. The summed E-state index contributed by atoms with van der Waals surface area (Å²) in [6.45, 7) is 4.00. The largest absolute Gasteiger partial charge is 0.326 e. The van der Waals surface area contributed by atoms with Gasteiger partial charge in [-0.15, -0.1) is 0 Å². The van der Waals surface area contributed by atoms with Crippen molar-refractivity contribution in [2.75, 3.05) is 0 Å². The van der Waals surface area contributed by atoms with Crippen molar-refractivity contribution in [3.63, 3.8) is 0 Å². The van der Waals surface area contributed by atoms with Crippen LogP contribution in [0.3, 0.4) is 0 Å². The normalized spacial score (nSPS) is 20.4. The van der Waals surface area contributed by atoms with E-state index >= 15 is 0 Å². The maximum Gasteiger partial charge on any atom is 0.319 e. The number of nitrogens with one attached hydrogen (secondary N) is 2. The minimum atomic E-state index is -0.162. The standard InChI is InChI=1S/C12H15N3O/c1-3-9-8(2)14-12(16)15-11(9)10-6-4-5-7-13-10/h4-7,11H,3H2,1-2H3,(H2,14,15,16). The van der Waals surface area contributed by atoms with Gasteiger partial charge in [-0.25, -0.2) is 4.79 Å². The molecule has 1 aliphatic heterocycles. The Morgan fingerprint density at radius 3 is 2.88 bits per heavy atom. The Hall–Kier alpha value is -1.84. The molecule has 0 saturated carbocycles. The molecule has 0 bridgehead atoms. The molecule has 84 valence electrons. The molecule has 16 heavy (non-hydrogen) atoms. The number of allylic oxidation sites excluding steroid dienone is 1. The number of urea groups is 1. The second-order valence-electron chi connectivity index (χ2n) is 3.79. The molecular weight excluding hydrogens is 202 g/mol. The molecule has 2 amide bonds. The third kappa shape index (κ3) is 1.91. The second-order valence-corrected chi connectivity index (χ2v) is 3.79. The van der Waals surface area contributed by atoms with Gasteiger partial charge >= 0.3 is 6.03 Å². The zero-order chi connectivity index (χ0) is 11.5. The molecule has 1 aromatic heterocycles. The molecule has 1 atom stereocenters. The van der Waals surface area contributed by atoms with Crippen LogP contribution in [0.25, 0.3) is 0 Å². The molecule has 4 nitrogen and oxygen atoms in total. The van der Waals surface area contributed by atoms with Crippen molar-refractivity contribution in [3.05, 3.63) is 41.4 Å². The third-order valence-electron chi connectivity index (χ3n) is 2.77. The highest BCUT2D eigenvalue weighted by Crippen LogP contribution is 2.26. The van der Waals surface area contributed by atoms with Gasteiger partial charge in [-0.3, -0.25) is 4.98 Å². The Morgan fingerprint density at radius 1 is 1.44 bits per heavy atom. The molecule has 2 heterocycles. The van der Waals surface area contributed by atoms with Crippen molar-refractivity contribution in [1.82, 2.24) is 15.6 Å². The van der Waals surface area contributed by atoms with Crippen LogP contribution >= 0.6 is 0 Å². The molecule has 2 N–H and O–H groups in total. The highest BCUT2D eigenvalue weighted by molar-refractivity contribution is 5.78. The summed E-state index contributed by atoms with van der Waals surface area (Å²) in [4.78, 5) is 15.7. The molecule has 0 saturated heterocycles. The second kappa shape index (κ2) is 4.35. The Bertz CT molecular complexity index is 425. The fourth-order valence-electron chi connectivity index (χ4n) is 1.99. The molecule has 1 unspecified atom stereocenters. The highest BCUT2D eigenvalue weighted by atomic mass is 16.2. The monoisotopic (exact) mass is 217 g/mol. The van der Waals surface area contributed by atoms with Gasteiger partial charge in [-0.05, 0) is 31.1 Å². The quantitative estimate of drug-likeness (QED) is 0.797. The van der Waals surface area contributed by atoms with E-state index in [-0.39, 0.29) is 12.1 Å². The van der Waals surface area contributed by atoms with E-state index in [2.05, 4.69) is 22.5 Å². The fraction of sp³-hybridized carbons (Fsp3) is 0.333. The first-order valence-electron chi connectivity index (χ1n) is 5.40. The minimum absolute atomic E-state index is 0.0973. The molecule has 0 aliphatic carbocycles. The van der Waals surface area contributed by atoms with Crippen LogP contribution in [0.15, 0.2) is 35.7 Å². The molecular formula is C12H15N3O. The summed E-state index contributed by atoms with van der Waals surface area (Å²) < 4.78 is 0. The Labute approximate surface area is 94.8 Å². The topological polar surface area (TPSA) is 54.0 Å². The lowest BCUT2D eigenvalue weighted by Gasteiger charge is -2.28. The number of rotatable bonds is 2. The lowest BCUT2D eigenvalue weighted by atomic mass is 9.97. The van der Waals surface area contributed by atoms with Crippen molar-refractivity contribution in [2.45, 2.75) is 26.3 Å². The first-order chi connectivity index (χ1) is 7.72. The van der Waals surface area contributed by atoms with E-state index < -0.39 is 0 Å². The average molecular weight is 217 g/mol. The molecule has 1 aromatic rings. The summed E-state index contributed by atoms with van der Waals surface area (Å²) in [6, 6.07) is 5.47. The number of hydrogen-bond donors (Lipinski definition) is 2. The number of carbonyl (C=O) groups is 1. The van der Waals surface area contributed by atoms with Gasteiger partial charge in [0.1, 0.15) is 0 Å². The van der Waals surface area contributed by atoms with Gasteiger partial charge in [0.05, 0.1) is 11.7 Å². The number of pyridine rings is 1. The predicted molar refractivity (Wildman–Crippen MR) is 61.6 cm³/mol. The van der Waals surface area contributed by atoms with E-state index in [1.165, 1.54) is 5.57 Å². The highest BCUT2D eigenvalue weighted by Gasteiger charge is 2.25. The maximum atomic E-state index is 11.4. The summed E-state index contributed by atoms with van der Waals surface area (Å²) in [5, 5.41) is 5.68. The summed E-state index contributed by atoms with van der Waals surface area (Å²) in [6.07, 6.45) is 2.63. The van der Waals surface area contributed by atoms with Gasteiger partial charge in [0.15, 0.2) is 0 Å². The van der Waals surface area contributed by atoms with Crippen molar-refractivity contribution in [2.24, 2.45) is 0 Å². The Kier molecular flexibility index (Phi) is 2.90. The van der Waals surface area contributed by atoms with Gasteiger partial charge in [0.25, 0.3) is 0 Å². The van der Waals surface area contributed by atoms with Gasteiger partial charge in [-0.1, -0.05) is 13.0 Å². The van der Waals surface area contributed by atoms with Crippen LogP contribution in [0.5, 0.6) is 0 Å². The first-order valence-corrected chi connectivity index (χ1v) is 5.40. The SMILES string of the molecule is CCC1=C(C)NC(=O)NC1c1ccccn1. The van der Waals surface area contributed by atoms with E-state index in [1.54, 1.807) is 6.20 Å². The number of hydrogen-bond acceptors (Lipinski definition) is 2. The number of nitrogens with zero attached hydrogens (tertiary/aromatic N) is 1. The predicted octanol–water partition coefficient (Wildman–Crippen LogP) is 2.12. The number of amides is 2. The van der Waals surface area contributed by atoms with Crippen LogP contribution in [0.4, 0.5) is 4.79 Å². The molecule has 4 heteroatoms. The average Bonchev–Trinajstić information content (AvgIpc) is 2.29. The van der Waals surface area contributed by atoms with E-state index in [0.717, 1.165) is 17.8 Å². The van der Waals surface area contributed by atoms with Gasteiger partial charge in [0, 0.05) is 11.9 Å².